The van der Waals surface area contributed by atoms with Crippen LogP contribution in [0.4, 0.5) is 0 Å². The van der Waals surface area contributed by atoms with E-state index >= 15 is 0 Å². The van der Waals surface area contributed by atoms with Crippen molar-refractivity contribution in [2.45, 2.75) is 88.3 Å². The maximum atomic E-state index is 13.8. The van der Waals surface area contributed by atoms with Gasteiger partial charge in [-0.3, -0.25) is 14.8 Å². The highest BCUT2D eigenvalue weighted by atomic mass is 16.3. The smallest absolute Gasteiger partial charge is 0.233 e. The number of rotatable bonds is 8. The Morgan fingerprint density at radius 2 is 1.05 bits per heavy atom. The fourth-order valence-corrected chi connectivity index (χ4v) is 10.8. The van der Waals surface area contributed by atoms with Gasteiger partial charge in [-0.05, 0) is 117 Å². The van der Waals surface area contributed by atoms with Gasteiger partial charge in [0, 0.05) is 49.4 Å². The van der Waals surface area contributed by atoms with E-state index in [0.29, 0.717) is 49.2 Å². The van der Waals surface area contributed by atoms with Crippen LogP contribution in [0.15, 0.2) is 109 Å². The molecule has 10 rings (SSSR count). The summed E-state index contributed by atoms with van der Waals surface area (Å²) in [6.45, 7) is 11.9. The van der Waals surface area contributed by atoms with Crippen molar-refractivity contribution in [1.82, 2.24) is 19.8 Å². The summed E-state index contributed by atoms with van der Waals surface area (Å²) in [6.07, 6.45) is 5.84. The third-order valence-electron chi connectivity index (χ3n) is 13.8. The van der Waals surface area contributed by atoms with Gasteiger partial charge < -0.3 is 10.2 Å². The van der Waals surface area contributed by atoms with E-state index < -0.39 is 12.2 Å². The van der Waals surface area contributed by atoms with E-state index in [2.05, 4.69) is 123 Å². The standard InChI is InChI=1S/C49H52N6O3/c1-31(2)35-9-5-7-11-37(35)33-13-15-41-39(25-33)45(56)27-48(41)19-23-52(29-48)54-21-17-43(50-54)47(58)44-18-22-55(51-44)53-24-20-49(30-53)28-46(57)40-26-34(14-16-42(40)49)38-12-8-6-10-36(38)32(3)4/h5-18,21-22,25-26,31-32,45-46,56-57H,19-20,23-24,27-30H2,1-4H3. The van der Waals surface area contributed by atoms with Crippen molar-refractivity contribution in [2.75, 3.05) is 36.2 Å². The molecule has 4 heterocycles. The second kappa shape index (κ2) is 13.8. The van der Waals surface area contributed by atoms with E-state index in [9.17, 15) is 15.0 Å². The fourth-order valence-electron chi connectivity index (χ4n) is 10.8. The van der Waals surface area contributed by atoms with Crippen molar-refractivity contribution in [1.29, 1.82) is 0 Å². The third kappa shape index (κ3) is 5.92. The number of benzene rings is 4. The number of carbonyl (C=O) groups is 1. The molecule has 2 N–H and O–H groups in total. The van der Waals surface area contributed by atoms with Crippen LogP contribution in [0.5, 0.6) is 0 Å². The molecule has 9 heteroatoms. The lowest BCUT2D eigenvalue weighted by Gasteiger charge is -2.26. The van der Waals surface area contributed by atoms with Gasteiger partial charge in [0.1, 0.15) is 11.4 Å². The minimum absolute atomic E-state index is 0.176. The molecule has 0 amide bonds. The first-order chi connectivity index (χ1) is 28.0. The lowest BCUT2D eigenvalue weighted by atomic mass is 9.80. The van der Waals surface area contributed by atoms with Crippen molar-refractivity contribution in [3.63, 3.8) is 0 Å². The van der Waals surface area contributed by atoms with Crippen molar-refractivity contribution in [3.05, 3.63) is 154 Å². The van der Waals surface area contributed by atoms with Gasteiger partial charge in [-0.1, -0.05) is 100 Å². The third-order valence-corrected chi connectivity index (χ3v) is 13.8. The SMILES string of the molecule is CC(C)c1ccccc1-c1ccc2c(c1)C(O)CC21CCN(n2ccc(C(=O)c3ccn(N4CCC5(CC(O)c6cc(-c7ccccc7C(C)C)ccc65)C4)n3)n2)C1. The first-order valence-electron chi connectivity index (χ1n) is 21.0. The molecule has 2 spiro atoms. The minimum Gasteiger partial charge on any atom is -0.388 e. The largest absolute Gasteiger partial charge is 0.388 e. The molecule has 0 saturated carbocycles. The second-order valence-electron chi connectivity index (χ2n) is 17.9. The molecular formula is C49H52N6O3. The predicted molar refractivity (Wildman–Crippen MR) is 227 cm³/mol. The zero-order chi connectivity index (χ0) is 39.9. The zero-order valence-electron chi connectivity index (χ0n) is 33.8. The van der Waals surface area contributed by atoms with Gasteiger partial charge in [0.2, 0.25) is 5.78 Å². The van der Waals surface area contributed by atoms with E-state index in [1.165, 1.54) is 33.4 Å². The van der Waals surface area contributed by atoms with E-state index in [4.69, 9.17) is 10.2 Å². The van der Waals surface area contributed by atoms with Gasteiger partial charge in [0.15, 0.2) is 0 Å². The number of aromatic nitrogens is 4. The van der Waals surface area contributed by atoms with E-state index in [0.717, 1.165) is 48.2 Å². The highest BCUT2D eigenvalue weighted by molar-refractivity contribution is 6.06. The molecule has 2 aliphatic heterocycles. The lowest BCUT2D eigenvalue weighted by molar-refractivity contribution is 0.102. The van der Waals surface area contributed by atoms with Gasteiger partial charge in [0.05, 0.1) is 12.2 Å². The summed E-state index contributed by atoms with van der Waals surface area (Å²) < 4.78 is 0. The number of fused-ring (bicyclic) bond motifs is 4. The Balaban J connectivity index is 0.827. The van der Waals surface area contributed by atoms with E-state index in [1.807, 2.05) is 12.4 Å². The Kier molecular flexibility index (Phi) is 8.76. The number of hydrogen-bond acceptors (Lipinski definition) is 7. The maximum absolute atomic E-state index is 13.8. The molecule has 0 bridgehead atoms. The molecule has 2 aliphatic carbocycles. The lowest BCUT2D eigenvalue weighted by Crippen LogP contribution is -2.37. The second-order valence-corrected chi connectivity index (χ2v) is 17.9. The monoisotopic (exact) mass is 772 g/mol. The summed E-state index contributed by atoms with van der Waals surface area (Å²) in [5, 5.41) is 36.6. The average Bonchev–Trinajstić information content (AvgIpc) is 4.10. The highest BCUT2D eigenvalue weighted by Crippen LogP contribution is 2.52. The molecule has 2 fully saturated rings. The van der Waals surface area contributed by atoms with Crippen LogP contribution in [0.3, 0.4) is 0 Å². The molecule has 296 valence electrons. The van der Waals surface area contributed by atoms with E-state index in [1.54, 1.807) is 21.7 Å². The highest BCUT2D eigenvalue weighted by Gasteiger charge is 2.49. The van der Waals surface area contributed by atoms with Gasteiger partial charge in [-0.25, -0.2) is 0 Å². The molecule has 2 aromatic heterocycles. The first kappa shape index (κ1) is 36.8. The van der Waals surface area contributed by atoms with Gasteiger partial charge in [0.25, 0.3) is 0 Å². The molecule has 4 aromatic carbocycles. The molecule has 4 aliphatic rings. The first-order valence-corrected chi connectivity index (χ1v) is 21.0. The van der Waals surface area contributed by atoms with Crippen LogP contribution in [-0.4, -0.2) is 62.0 Å². The number of aliphatic hydroxyl groups is 2. The van der Waals surface area contributed by atoms with Crippen LogP contribution < -0.4 is 10.0 Å². The number of carbonyl (C=O) groups excluding carboxylic acids is 1. The number of aliphatic hydroxyl groups excluding tert-OH is 2. The Bertz CT molecular complexity index is 2380. The van der Waals surface area contributed by atoms with Crippen LogP contribution in [-0.2, 0) is 10.8 Å². The number of hydrogen-bond donors (Lipinski definition) is 2. The number of nitrogens with zero attached hydrogens (tertiary/aromatic N) is 6. The van der Waals surface area contributed by atoms with Gasteiger partial charge in [-0.2, -0.15) is 9.58 Å². The van der Waals surface area contributed by atoms with Gasteiger partial charge >= 0.3 is 0 Å². The Morgan fingerprint density at radius 3 is 1.48 bits per heavy atom. The zero-order valence-corrected chi connectivity index (χ0v) is 33.8. The van der Waals surface area contributed by atoms with Crippen molar-refractivity contribution < 1.29 is 15.0 Å². The fraction of sp³-hybridized carbons (Fsp3) is 0.367. The maximum Gasteiger partial charge on any atom is 0.233 e. The van der Waals surface area contributed by atoms with Crippen LogP contribution in [0.1, 0.15) is 127 Å². The summed E-state index contributed by atoms with van der Waals surface area (Å²) in [6, 6.07) is 34.0. The number of ketones is 1. The molecule has 4 unspecified atom stereocenters. The summed E-state index contributed by atoms with van der Waals surface area (Å²) in [4.78, 5) is 17.4. The normalized spacial score (nSPS) is 23.6. The Morgan fingerprint density at radius 1 is 0.621 bits per heavy atom. The molecule has 4 atom stereocenters. The molecule has 6 aromatic rings. The molecule has 9 nitrogen and oxygen atoms in total. The summed E-state index contributed by atoms with van der Waals surface area (Å²) in [5.41, 5.74) is 12.2. The molecular weight excluding hydrogens is 721 g/mol. The molecule has 0 radical (unpaired) electrons. The summed E-state index contributed by atoms with van der Waals surface area (Å²) >= 11 is 0. The quantitative estimate of drug-likeness (QED) is 0.150. The van der Waals surface area contributed by atoms with Crippen LogP contribution in [0.25, 0.3) is 22.3 Å². The molecule has 2 saturated heterocycles. The molecule has 58 heavy (non-hydrogen) atoms. The van der Waals surface area contributed by atoms with Crippen molar-refractivity contribution >= 4 is 5.78 Å². The predicted octanol–water partition coefficient (Wildman–Crippen LogP) is 8.33. The van der Waals surface area contributed by atoms with Crippen molar-refractivity contribution in [2.24, 2.45) is 0 Å². The van der Waals surface area contributed by atoms with Gasteiger partial charge in [-0.15, -0.1) is 10.2 Å². The Hall–Kier alpha value is -5.51. The van der Waals surface area contributed by atoms with E-state index in [-0.39, 0.29) is 16.6 Å². The summed E-state index contributed by atoms with van der Waals surface area (Å²) in [7, 11) is 0. The van der Waals surface area contributed by atoms with Crippen molar-refractivity contribution in [3.8, 4) is 22.3 Å². The van der Waals surface area contributed by atoms with Crippen LogP contribution >= 0.6 is 0 Å². The van der Waals surface area contributed by atoms with Crippen LogP contribution in [0, 0.1) is 0 Å². The average molecular weight is 773 g/mol. The Labute approximate surface area is 340 Å². The topological polar surface area (TPSA) is 99.7 Å². The van der Waals surface area contributed by atoms with Crippen LogP contribution in [0.2, 0.25) is 0 Å². The minimum atomic E-state index is -0.518. The summed E-state index contributed by atoms with van der Waals surface area (Å²) in [5.74, 6) is 0.596.